The summed E-state index contributed by atoms with van der Waals surface area (Å²) in [7, 11) is 1.74. The van der Waals surface area contributed by atoms with Crippen molar-refractivity contribution in [3.05, 3.63) is 23.8 Å². The van der Waals surface area contributed by atoms with Crippen LogP contribution >= 0.6 is 0 Å². The maximum Gasteiger partial charge on any atom is 0.238 e. The second kappa shape index (κ2) is 2.49. The lowest BCUT2D eigenvalue weighted by Gasteiger charge is -1.92. The van der Waals surface area contributed by atoms with Crippen molar-refractivity contribution in [2.24, 2.45) is 7.05 Å². The Morgan fingerprint density at radius 2 is 2.31 bits per heavy atom. The number of benzene rings is 1. The van der Waals surface area contributed by atoms with Gasteiger partial charge in [-0.15, -0.1) is 5.10 Å². The summed E-state index contributed by atoms with van der Waals surface area (Å²) in [6.07, 6.45) is 0. The van der Waals surface area contributed by atoms with Gasteiger partial charge in [0.15, 0.2) is 0 Å². The van der Waals surface area contributed by atoms with E-state index in [9.17, 15) is 5.11 Å². The van der Waals surface area contributed by atoms with Crippen molar-refractivity contribution in [1.29, 1.82) is 5.26 Å². The van der Waals surface area contributed by atoms with E-state index in [1.165, 1.54) is 0 Å². The van der Waals surface area contributed by atoms with Crippen molar-refractivity contribution in [3.8, 4) is 11.9 Å². The van der Waals surface area contributed by atoms with Crippen LogP contribution in [0.3, 0.4) is 0 Å². The number of fused-ring (bicyclic) bond motifs is 1. The van der Waals surface area contributed by atoms with Gasteiger partial charge < -0.3 is 5.11 Å². The summed E-state index contributed by atoms with van der Waals surface area (Å²) in [5.41, 5.74) is 1.34. The molecule has 0 aliphatic heterocycles. The number of aryl methyl sites for hydroxylation is 1. The normalized spacial score (nSPS) is 10.2. The maximum absolute atomic E-state index is 9.37. The highest BCUT2D eigenvalue weighted by Crippen LogP contribution is 2.23. The molecule has 2 aromatic rings. The van der Waals surface area contributed by atoms with Gasteiger partial charge in [-0.3, -0.25) is 4.68 Å². The Hall–Kier alpha value is -2.02. The molecule has 0 fully saturated rings. The van der Waals surface area contributed by atoms with Crippen LogP contribution in [0.25, 0.3) is 10.9 Å². The number of hydrogen-bond acceptors (Lipinski definition) is 3. The lowest BCUT2D eigenvalue weighted by atomic mass is 10.2. The molecule has 64 valence electrons. The van der Waals surface area contributed by atoms with E-state index >= 15 is 0 Å². The highest BCUT2D eigenvalue weighted by molar-refractivity contribution is 5.85. The van der Waals surface area contributed by atoms with Crippen molar-refractivity contribution in [3.63, 3.8) is 0 Å². The Labute approximate surface area is 74.6 Å². The summed E-state index contributed by atoms with van der Waals surface area (Å²) in [6, 6.07) is 7.09. The van der Waals surface area contributed by atoms with Crippen LogP contribution in [-0.2, 0) is 7.05 Å². The SMILES string of the molecule is Cn1nc(O)c2cc(C#N)ccc21. The van der Waals surface area contributed by atoms with E-state index in [1.54, 1.807) is 29.9 Å². The van der Waals surface area contributed by atoms with Gasteiger partial charge in [0.25, 0.3) is 0 Å². The first-order valence-electron chi connectivity index (χ1n) is 3.78. The van der Waals surface area contributed by atoms with E-state index in [0.29, 0.717) is 10.9 Å². The molecule has 0 amide bonds. The van der Waals surface area contributed by atoms with E-state index in [0.717, 1.165) is 5.52 Å². The summed E-state index contributed by atoms with van der Waals surface area (Å²) in [5.74, 6) is -0.0328. The zero-order chi connectivity index (χ0) is 9.42. The molecule has 0 bridgehead atoms. The van der Waals surface area contributed by atoms with Crippen molar-refractivity contribution in [2.75, 3.05) is 0 Å². The maximum atomic E-state index is 9.37. The van der Waals surface area contributed by atoms with Gasteiger partial charge in [-0.1, -0.05) is 0 Å². The van der Waals surface area contributed by atoms with Crippen LogP contribution in [0, 0.1) is 11.3 Å². The van der Waals surface area contributed by atoms with E-state index in [1.807, 2.05) is 6.07 Å². The van der Waals surface area contributed by atoms with E-state index in [4.69, 9.17) is 5.26 Å². The van der Waals surface area contributed by atoms with Gasteiger partial charge in [0, 0.05) is 7.05 Å². The zero-order valence-electron chi connectivity index (χ0n) is 7.02. The van der Waals surface area contributed by atoms with E-state index < -0.39 is 0 Å². The van der Waals surface area contributed by atoms with E-state index in [2.05, 4.69) is 5.10 Å². The van der Waals surface area contributed by atoms with Crippen LogP contribution in [0.2, 0.25) is 0 Å². The van der Waals surface area contributed by atoms with E-state index in [-0.39, 0.29) is 5.88 Å². The molecule has 0 aliphatic rings. The fourth-order valence-corrected chi connectivity index (χ4v) is 1.32. The van der Waals surface area contributed by atoms with Gasteiger partial charge in [0.05, 0.1) is 22.5 Å². The minimum Gasteiger partial charge on any atom is -0.492 e. The van der Waals surface area contributed by atoms with Crippen molar-refractivity contribution < 1.29 is 5.11 Å². The minimum absolute atomic E-state index is 0.0328. The van der Waals surface area contributed by atoms with Gasteiger partial charge in [-0.25, -0.2) is 0 Å². The molecule has 0 aliphatic carbocycles. The van der Waals surface area contributed by atoms with Crippen molar-refractivity contribution in [1.82, 2.24) is 9.78 Å². The molecule has 13 heavy (non-hydrogen) atoms. The second-order valence-corrected chi connectivity index (χ2v) is 2.79. The van der Waals surface area contributed by atoms with Gasteiger partial charge in [0.1, 0.15) is 0 Å². The van der Waals surface area contributed by atoms with Crippen LogP contribution < -0.4 is 0 Å². The number of nitriles is 1. The average Bonchev–Trinajstić information content (AvgIpc) is 2.42. The first-order valence-corrected chi connectivity index (χ1v) is 3.78. The summed E-state index contributed by atoms with van der Waals surface area (Å²) < 4.78 is 1.58. The third-order valence-corrected chi connectivity index (χ3v) is 1.96. The van der Waals surface area contributed by atoms with Gasteiger partial charge in [0.2, 0.25) is 5.88 Å². The number of hydrogen-bond donors (Lipinski definition) is 1. The third kappa shape index (κ3) is 1.02. The Morgan fingerprint density at radius 1 is 1.54 bits per heavy atom. The average molecular weight is 173 g/mol. The van der Waals surface area contributed by atoms with Gasteiger partial charge in [-0.2, -0.15) is 5.26 Å². The van der Waals surface area contributed by atoms with Crippen LogP contribution in [0.15, 0.2) is 18.2 Å². The van der Waals surface area contributed by atoms with Gasteiger partial charge in [-0.05, 0) is 18.2 Å². The zero-order valence-corrected chi connectivity index (χ0v) is 7.02. The Balaban J connectivity index is 2.86. The lowest BCUT2D eigenvalue weighted by Crippen LogP contribution is -1.88. The number of aromatic hydroxyl groups is 1. The molecule has 0 radical (unpaired) electrons. The Kier molecular flexibility index (Phi) is 1.46. The molecule has 1 heterocycles. The standard InChI is InChI=1S/C9H7N3O/c1-12-8-3-2-6(5-10)4-7(8)9(13)11-12/h2-4H,1H3,(H,11,13). The fourth-order valence-electron chi connectivity index (χ4n) is 1.32. The highest BCUT2D eigenvalue weighted by Gasteiger charge is 2.06. The highest BCUT2D eigenvalue weighted by atomic mass is 16.3. The fraction of sp³-hybridized carbons (Fsp3) is 0.111. The summed E-state index contributed by atoms with van der Waals surface area (Å²) in [6.45, 7) is 0. The largest absolute Gasteiger partial charge is 0.492 e. The molecular formula is C9H7N3O. The molecule has 0 atom stereocenters. The lowest BCUT2D eigenvalue weighted by molar-refractivity contribution is 0.449. The summed E-state index contributed by atoms with van der Waals surface area (Å²) >= 11 is 0. The molecule has 4 heteroatoms. The molecule has 0 saturated heterocycles. The van der Waals surface area contributed by atoms with Crippen molar-refractivity contribution in [2.45, 2.75) is 0 Å². The summed E-state index contributed by atoms with van der Waals surface area (Å²) in [5, 5.41) is 22.4. The first-order chi connectivity index (χ1) is 6.22. The molecule has 0 saturated carbocycles. The van der Waals surface area contributed by atoms with Crippen LogP contribution in [-0.4, -0.2) is 14.9 Å². The molecular weight excluding hydrogens is 166 g/mol. The van der Waals surface area contributed by atoms with Crippen LogP contribution in [0.5, 0.6) is 5.88 Å². The predicted octanol–water partition coefficient (Wildman–Crippen LogP) is 1.15. The molecule has 1 N–H and O–H groups in total. The molecule has 0 spiro atoms. The second-order valence-electron chi connectivity index (χ2n) is 2.79. The van der Waals surface area contributed by atoms with Crippen LogP contribution in [0.1, 0.15) is 5.56 Å². The molecule has 1 aromatic carbocycles. The monoisotopic (exact) mass is 173 g/mol. The topological polar surface area (TPSA) is 61.8 Å². The van der Waals surface area contributed by atoms with Gasteiger partial charge >= 0.3 is 0 Å². The smallest absolute Gasteiger partial charge is 0.238 e. The summed E-state index contributed by atoms with van der Waals surface area (Å²) in [4.78, 5) is 0. The number of nitrogens with zero attached hydrogens (tertiary/aromatic N) is 3. The van der Waals surface area contributed by atoms with Crippen LogP contribution in [0.4, 0.5) is 0 Å². The van der Waals surface area contributed by atoms with Crippen molar-refractivity contribution >= 4 is 10.9 Å². The third-order valence-electron chi connectivity index (χ3n) is 1.96. The Bertz CT molecular complexity index is 507. The quantitative estimate of drug-likeness (QED) is 0.650. The number of rotatable bonds is 0. The predicted molar refractivity (Wildman–Crippen MR) is 47.1 cm³/mol. The Morgan fingerprint density at radius 3 is 3.00 bits per heavy atom. The molecule has 0 unspecified atom stereocenters. The molecule has 4 nitrogen and oxygen atoms in total. The number of aromatic nitrogens is 2. The minimum atomic E-state index is -0.0328. The first kappa shape index (κ1) is 7.62. The molecule has 2 rings (SSSR count). The molecule has 1 aromatic heterocycles.